The highest BCUT2D eigenvalue weighted by molar-refractivity contribution is 6.31. The number of Topliss-reactive ketones (excluding diaryl/α,β-unsaturated/α-hetero) is 9. The third-order valence-corrected chi connectivity index (χ3v) is 14.0. The summed E-state index contributed by atoms with van der Waals surface area (Å²) in [5, 5.41) is 190. The molecule has 23 N–H and O–H groups in total. The maximum Gasteiger partial charge on any atom is 0.371 e. The summed E-state index contributed by atoms with van der Waals surface area (Å²) < 4.78 is 0. The van der Waals surface area contributed by atoms with E-state index in [-0.39, 0.29) is 85.4 Å². The summed E-state index contributed by atoms with van der Waals surface area (Å²) in [6.07, 6.45) is 0.437. The lowest BCUT2D eigenvalue weighted by molar-refractivity contribution is -0.172. The number of hydrogen-bond donors (Lipinski definition) is 23. The molecule has 0 aromatic rings. The molecule has 6 atom stereocenters. The molecule has 0 amide bonds. The van der Waals surface area contributed by atoms with Crippen LogP contribution < -0.4 is 0 Å². The molecule has 0 bridgehead atoms. The number of carbonyl (C=O) groups is 28. The molecule has 0 radical (unpaired) electrons. The predicted octanol–water partition coefficient (Wildman–Crippen LogP) is 0.994. The van der Waals surface area contributed by atoms with Gasteiger partial charge in [0.25, 0.3) is 0 Å². The van der Waals surface area contributed by atoms with Crippen LogP contribution in [0.4, 0.5) is 0 Å². The van der Waals surface area contributed by atoms with E-state index >= 15 is 0 Å². The van der Waals surface area contributed by atoms with Crippen molar-refractivity contribution in [2.45, 2.75) is 255 Å². The molecule has 126 heavy (non-hydrogen) atoms. The minimum atomic E-state index is -2.25. The number of hydrogen-bond acceptors (Lipinski definition) is 33. The Morgan fingerprint density at radius 3 is 0.754 bits per heavy atom. The van der Waals surface area contributed by atoms with Crippen molar-refractivity contribution in [2.75, 3.05) is 0 Å². The number of aliphatic hydroxyl groups is 5. The summed E-state index contributed by atoms with van der Waals surface area (Å²) in [6.45, 7) is 16.5. The normalized spacial score (nSPS) is 12.6. The number of aliphatic hydroxyl groups excluding tert-OH is 5. The summed E-state index contributed by atoms with van der Waals surface area (Å²) in [5.74, 6) is -24.4. The van der Waals surface area contributed by atoms with E-state index in [9.17, 15) is 134 Å². The van der Waals surface area contributed by atoms with E-state index in [0.29, 0.717) is 76.4 Å². The average molecular weight is 1830 g/mol. The first-order chi connectivity index (χ1) is 57.0. The maximum absolute atomic E-state index is 10.6. The standard InChI is InChI=1S/C8H14O3.C7H12O7.C7H12O3.C6H8O4.C6H8O3.C6H10O3.2C5H8O4.C5H8O3.C5H6O3.C5H8O3.C4H4O4.C3H4O4.C3H4O3/c1-7(9)5-3-2-4-6-8(10)11;1-2(8)3(9)4(10)5(11)6(12)7(13)14;1-6(8)4-2-3-5-7(9)10;7-4(8)6(5(9)10)2-1-3-6;1-4(7)6(2-3-6)5(8)9;1-5(7)3-2-4-6(8)9;1-5(2,3(6)7)4(8)9;1-3(6)4(7)2-5(8)9;2*1-4(6)2-3-5(7)8;1-3(4(2)6)5(7)8;5-3(6)1-2-4(7)8;4-2(5)1-3(6)7;1-2(4)3(5)6/h2-6H2,1H3,(H,10,11);3-6,9-12H,1H3,(H,13,14);2-5H2,1H3,(H,9,10);1-3H2,(H,7,8)(H,9,10);2-3H2,1H3,(H,8,9);2-4H2,1H3,(H,8,9);1-2H3,(H,6,7)(H,8,9);4,7H,2H2,1H3,(H,8,9);2-3H2,1H3,(H,7,8);2-3H,1H3,(H,7,8);3H,1-2H3,(H,7,8);1-2H,(H,5,6)(H,7,8);1H2,(H,4,5)(H,6,7);1H3,(H,5,6)/b;;;;;;;;;3-2+;;2-1-;;. The smallest absolute Gasteiger partial charge is 0.371 e. The van der Waals surface area contributed by atoms with Crippen molar-refractivity contribution in [3.8, 4) is 0 Å². The molecular formula is C75H114O51. The van der Waals surface area contributed by atoms with Gasteiger partial charge in [0, 0.05) is 70.1 Å². The molecule has 2 aliphatic rings. The summed E-state index contributed by atoms with van der Waals surface area (Å²) in [6, 6.07) is 0. The molecule has 51 nitrogen and oxygen atoms in total. The number of carbonyl (C=O) groups excluding carboxylic acids is 10. The number of carboxylic acids is 18. The van der Waals surface area contributed by atoms with Crippen molar-refractivity contribution in [3.05, 3.63) is 24.3 Å². The van der Waals surface area contributed by atoms with Crippen LogP contribution in [0.2, 0.25) is 0 Å². The van der Waals surface area contributed by atoms with Crippen molar-refractivity contribution in [2.24, 2.45) is 22.2 Å². The zero-order valence-corrected chi connectivity index (χ0v) is 70.8. The van der Waals surface area contributed by atoms with Gasteiger partial charge >= 0.3 is 107 Å². The Hall–Kier alpha value is -13.6. The zero-order valence-electron chi connectivity index (χ0n) is 70.8. The first-order valence-corrected chi connectivity index (χ1v) is 35.8. The minimum Gasteiger partial charge on any atom is -0.481 e. The molecule has 0 saturated heterocycles. The third kappa shape index (κ3) is 99.3. The fourth-order valence-corrected chi connectivity index (χ4v) is 5.93. The Morgan fingerprint density at radius 2 is 0.611 bits per heavy atom. The molecular weight excluding hydrogens is 1720 g/mol. The van der Waals surface area contributed by atoms with Crippen molar-refractivity contribution >= 4 is 165 Å². The lowest BCUT2D eigenvalue weighted by atomic mass is 9.69. The second-order valence-corrected chi connectivity index (χ2v) is 26.1. The van der Waals surface area contributed by atoms with E-state index < -0.39 is 190 Å². The second kappa shape index (κ2) is 78.7. The zero-order chi connectivity index (χ0) is 103. The molecule has 0 aromatic carbocycles. The number of unbranched alkanes of at least 4 members (excludes halogenated alkanes) is 3. The molecule has 0 heterocycles. The lowest BCUT2D eigenvalue weighted by Crippen LogP contribution is -2.49. The van der Waals surface area contributed by atoms with Gasteiger partial charge in [-0.15, -0.1) is 0 Å². The highest BCUT2D eigenvalue weighted by Crippen LogP contribution is 2.46. The lowest BCUT2D eigenvalue weighted by Gasteiger charge is -2.32. The number of carboxylic acid groups (broad SMARTS) is 18. The first kappa shape index (κ1) is 138. The monoisotopic (exact) mass is 1830 g/mol. The van der Waals surface area contributed by atoms with Gasteiger partial charge < -0.3 is 137 Å². The van der Waals surface area contributed by atoms with Gasteiger partial charge in [-0.25, -0.2) is 24.0 Å². The minimum absolute atomic E-state index is 0.0463. The molecule has 51 heteroatoms. The number of rotatable bonds is 41. The topological polar surface area (TPSA) is 943 Å². The van der Waals surface area contributed by atoms with Gasteiger partial charge in [-0.3, -0.25) is 91.1 Å². The van der Waals surface area contributed by atoms with E-state index in [1.165, 1.54) is 48.5 Å². The van der Waals surface area contributed by atoms with Crippen LogP contribution in [0.5, 0.6) is 0 Å². The van der Waals surface area contributed by atoms with Crippen LogP contribution in [-0.2, 0) is 134 Å². The van der Waals surface area contributed by atoms with Crippen molar-refractivity contribution in [1.29, 1.82) is 0 Å². The average Bonchev–Trinajstić information content (AvgIpc) is 1.55. The first-order valence-electron chi connectivity index (χ1n) is 35.8. The largest absolute Gasteiger partial charge is 0.481 e. The van der Waals surface area contributed by atoms with Crippen LogP contribution >= 0.6 is 0 Å². The Labute approximate surface area is 716 Å². The van der Waals surface area contributed by atoms with Crippen LogP contribution in [0.25, 0.3) is 0 Å². The maximum atomic E-state index is 10.6. The van der Waals surface area contributed by atoms with Crippen molar-refractivity contribution < 1.29 is 252 Å². The van der Waals surface area contributed by atoms with E-state index in [1.807, 2.05) is 0 Å². The summed E-state index contributed by atoms with van der Waals surface area (Å²) in [7, 11) is 0. The van der Waals surface area contributed by atoms with Crippen LogP contribution in [0.1, 0.15) is 225 Å². The Kier molecular flexibility index (Phi) is 86.4. The van der Waals surface area contributed by atoms with Gasteiger partial charge in [-0.05, 0) is 153 Å². The molecule has 720 valence electrons. The number of ketones is 10. The third-order valence-electron chi connectivity index (χ3n) is 14.0. The quantitative estimate of drug-likeness (QED) is 0.0176. The van der Waals surface area contributed by atoms with Crippen LogP contribution in [-0.4, -0.2) is 313 Å². The van der Waals surface area contributed by atoms with Gasteiger partial charge in [0.2, 0.25) is 5.78 Å². The van der Waals surface area contributed by atoms with E-state index in [4.69, 9.17) is 117 Å². The highest BCUT2D eigenvalue weighted by Gasteiger charge is 2.54. The second-order valence-electron chi connectivity index (χ2n) is 26.1. The van der Waals surface area contributed by atoms with Crippen molar-refractivity contribution in [3.63, 3.8) is 0 Å². The molecule has 0 aliphatic heterocycles. The highest BCUT2D eigenvalue weighted by atomic mass is 16.5. The van der Waals surface area contributed by atoms with Crippen molar-refractivity contribution in [1.82, 2.24) is 0 Å². The van der Waals surface area contributed by atoms with Crippen LogP contribution in [0.3, 0.4) is 0 Å². The molecule has 6 unspecified atom stereocenters. The Morgan fingerprint density at radius 1 is 0.317 bits per heavy atom. The molecule has 2 fully saturated rings. The summed E-state index contributed by atoms with van der Waals surface area (Å²) in [4.78, 5) is 280. The van der Waals surface area contributed by atoms with Gasteiger partial charge in [0.05, 0.1) is 12.8 Å². The summed E-state index contributed by atoms with van der Waals surface area (Å²) in [5.41, 5.74) is -4.08. The van der Waals surface area contributed by atoms with Gasteiger partial charge in [0.1, 0.15) is 76.9 Å². The van der Waals surface area contributed by atoms with E-state index in [1.54, 1.807) is 6.92 Å². The Bertz CT molecular complexity index is 3430. The molecule has 2 aliphatic carbocycles. The van der Waals surface area contributed by atoms with E-state index in [0.717, 1.165) is 59.6 Å². The van der Waals surface area contributed by atoms with Gasteiger partial charge in [-0.2, -0.15) is 0 Å². The van der Waals surface area contributed by atoms with Gasteiger partial charge in [-0.1, -0.05) is 6.42 Å². The molecule has 2 rings (SSSR count). The fraction of sp³-hybridized carbons (Fsp3) is 0.573. The van der Waals surface area contributed by atoms with Crippen LogP contribution in [0, 0.1) is 22.2 Å². The fourth-order valence-electron chi connectivity index (χ4n) is 5.93. The Balaban J connectivity index is -0.000000112. The molecule has 2 saturated carbocycles. The predicted molar refractivity (Wildman–Crippen MR) is 417 cm³/mol. The number of allylic oxidation sites excluding steroid dienone is 1. The van der Waals surface area contributed by atoms with Gasteiger partial charge in [0.15, 0.2) is 34.3 Å². The molecule has 0 aromatic heterocycles. The van der Waals surface area contributed by atoms with Crippen LogP contribution in [0.15, 0.2) is 24.3 Å². The summed E-state index contributed by atoms with van der Waals surface area (Å²) >= 11 is 0. The SMILES string of the molecule is CC(=O)/C=C/C(=O)O.CC(=O)C(=O)O.CC(=O)C(C)C(=O)O.CC(=O)C(O)C(O)C(O)C(O)C(=O)O.CC(=O)C(O)CC(=O)O.CC(=O)C1(C(=O)O)CC1.CC(=O)CCC(=O)O.CC(=O)CCCC(=O)O.CC(=O)CCCCC(=O)O.CC(=O)CCCCCC(=O)O.CC(C)(C(=O)O)C(=O)O.O=C(O)/C=C\C(=O)O.O=C(O)C1(C(=O)O)CCC1.O=C(O)CC(=O)O. The van der Waals surface area contributed by atoms with E-state index in [2.05, 4.69) is 0 Å². The molecule has 0 spiro atoms. The number of aliphatic carboxylic acids is 18.